The molecule has 2 aliphatic rings. The van der Waals surface area contributed by atoms with Gasteiger partial charge in [-0.05, 0) is 32.1 Å². The first-order valence-electron chi connectivity index (χ1n) is 6.82. The quantitative estimate of drug-likeness (QED) is 0.833. The summed E-state index contributed by atoms with van der Waals surface area (Å²) in [5.74, 6) is -0.927. The van der Waals surface area contributed by atoms with Crippen molar-refractivity contribution in [3.63, 3.8) is 0 Å². The average molecular weight is 265 g/mol. The summed E-state index contributed by atoms with van der Waals surface area (Å²) in [6.45, 7) is 0.911. The smallest absolute Gasteiger partial charge is 0.326 e. The van der Waals surface area contributed by atoms with E-state index in [-0.39, 0.29) is 12.1 Å². The Kier molecular flexibility index (Phi) is 4.25. The first kappa shape index (κ1) is 13.7. The lowest BCUT2D eigenvalue weighted by atomic mass is 10.0. The molecule has 0 radical (unpaired) electrons. The van der Waals surface area contributed by atoms with Gasteiger partial charge in [0.25, 0.3) is 0 Å². The van der Waals surface area contributed by atoms with E-state index in [2.05, 4.69) is 0 Å². The highest BCUT2D eigenvalue weighted by molar-refractivity contribution is 5.83. The van der Waals surface area contributed by atoms with Crippen molar-refractivity contribution in [1.29, 1.82) is 5.26 Å². The molecule has 1 saturated carbocycles. The lowest BCUT2D eigenvalue weighted by molar-refractivity contribution is -0.143. The van der Waals surface area contributed by atoms with E-state index in [1.807, 2.05) is 6.07 Å². The lowest BCUT2D eigenvalue weighted by Gasteiger charge is -2.37. The SMILES string of the molecule is N#CCCN(C(=O)N1CCCCC1C(=O)O)C1CC1. The third kappa shape index (κ3) is 3.16. The van der Waals surface area contributed by atoms with E-state index < -0.39 is 12.0 Å². The van der Waals surface area contributed by atoms with Crippen LogP contribution in [0.15, 0.2) is 0 Å². The molecule has 0 bridgehead atoms. The summed E-state index contributed by atoms with van der Waals surface area (Å²) in [6.07, 6.45) is 4.45. The molecular formula is C13H19N3O3. The summed E-state index contributed by atoms with van der Waals surface area (Å²) in [5, 5.41) is 17.9. The largest absolute Gasteiger partial charge is 0.480 e. The second-order valence-electron chi connectivity index (χ2n) is 5.16. The van der Waals surface area contributed by atoms with E-state index >= 15 is 0 Å². The summed E-state index contributed by atoms with van der Waals surface area (Å²) >= 11 is 0. The fourth-order valence-electron chi connectivity index (χ4n) is 2.57. The van der Waals surface area contributed by atoms with E-state index in [1.165, 1.54) is 4.90 Å². The van der Waals surface area contributed by atoms with Crippen molar-refractivity contribution in [1.82, 2.24) is 9.80 Å². The molecule has 1 aliphatic heterocycles. The van der Waals surface area contributed by atoms with Crippen molar-refractivity contribution >= 4 is 12.0 Å². The van der Waals surface area contributed by atoms with Gasteiger partial charge in [0.05, 0.1) is 12.5 Å². The minimum atomic E-state index is -0.927. The first-order valence-corrected chi connectivity index (χ1v) is 6.82. The monoisotopic (exact) mass is 265 g/mol. The Morgan fingerprint density at radius 2 is 2.05 bits per heavy atom. The van der Waals surface area contributed by atoms with Gasteiger partial charge in [0, 0.05) is 19.1 Å². The molecule has 0 spiro atoms. The molecule has 6 heteroatoms. The molecule has 19 heavy (non-hydrogen) atoms. The number of nitriles is 1. The van der Waals surface area contributed by atoms with Gasteiger partial charge in [-0.15, -0.1) is 0 Å². The topological polar surface area (TPSA) is 84.6 Å². The Bertz CT molecular complexity index is 400. The molecule has 1 unspecified atom stereocenters. The molecule has 2 fully saturated rings. The van der Waals surface area contributed by atoms with Gasteiger partial charge in [-0.1, -0.05) is 0 Å². The highest BCUT2D eigenvalue weighted by Crippen LogP contribution is 2.29. The third-order valence-corrected chi connectivity index (χ3v) is 3.73. The highest BCUT2D eigenvalue weighted by Gasteiger charge is 2.39. The number of rotatable bonds is 4. The van der Waals surface area contributed by atoms with Gasteiger partial charge >= 0.3 is 12.0 Å². The number of hydrogen-bond acceptors (Lipinski definition) is 3. The van der Waals surface area contributed by atoms with Gasteiger partial charge in [0.1, 0.15) is 6.04 Å². The van der Waals surface area contributed by atoms with Crippen molar-refractivity contribution in [3.8, 4) is 6.07 Å². The average Bonchev–Trinajstić information content (AvgIpc) is 3.23. The molecule has 1 heterocycles. The van der Waals surface area contributed by atoms with Crippen LogP contribution >= 0.6 is 0 Å². The Hall–Kier alpha value is -1.77. The Balaban J connectivity index is 2.06. The van der Waals surface area contributed by atoms with Crippen LogP contribution in [-0.4, -0.2) is 52.1 Å². The summed E-state index contributed by atoms with van der Waals surface area (Å²) in [4.78, 5) is 26.9. The number of piperidine rings is 1. The maximum Gasteiger partial charge on any atom is 0.326 e. The predicted molar refractivity (Wildman–Crippen MR) is 67.3 cm³/mol. The van der Waals surface area contributed by atoms with Crippen molar-refractivity contribution in [2.24, 2.45) is 0 Å². The first-order chi connectivity index (χ1) is 9.15. The number of nitrogens with zero attached hydrogens (tertiary/aromatic N) is 3. The van der Waals surface area contributed by atoms with E-state index in [1.54, 1.807) is 4.90 Å². The lowest BCUT2D eigenvalue weighted by Crippen LogP contribution is -2.53. The summed E-state index contributed by atoms with van der Waals surface area (Å²) in [6, 6.07) is 1.34. The van der Waals surface area contributed by atoms with E-state index in [4.69, 9.17) is 5.26 Å². The van der Waals surface area contributed by atoms with Gasteiger partial charge in [0.15, 0.2) is 0 Å². The van der Waals surface area contributed by atoms with Crippen LogP contribution in [0.2, 0.25) is 0 Å². The zero-order valence-electron chi connectivity index (χ0n) is 10.9. The van der Waals surface area contributed by atoms with Gasteiger partial charge in [-0.2, -0.15) is 5.26 Å². The van der Waals surface area contributed by atoms with Gasteiger partial charge in [-0.25, -0.2) is 9.59 Å². The Morgan fingerprint density at radius 3 is 2.63 bits per heavy atom. The van der Waals surface area contributed by atoms with Gasteiger partial charge < -0.3 is 14.9 Å². The number of amides is 2. The number of carbonyl (C=O) groups excluding carboxylic acids is 1. The molecule has 1 aliphatic carbocycles. The Labute approximate surface area is 112 Å². The minimum absolute atomic E-state index is 0.204. The van der Waals surface area contributed by atoms with Crippen molar-refractivity contribution in [3.05, 3.63) is 0 Å². The van der Waals surface area contributed by atoms with Crippen LogP contribution < -0.4 is 0 Å². The molecule has 104 valence electrons. The molecule has 1 N–H and O–H groups in total. The standard InChI is InChI=1S/C13H19N3O3/c14-7-3-9-15(10-5-6-10)13(19)16-8-2-1-4-11(16)12(17)18/h10-11H,1-6,8-9H2,(H,17,18). The van der Waals surface area contributed by atoms with Crippen LogP contribution in [-0.2, 0) is 4.79 Å². The molecule has 1 saturated heterocycles. The highest BCUT2D eigenvalue weighted by atomic mass is 16.4. The maximum absolute atomic E-state index is 12.5. The zero-order valence-corrected chi connectivity index (χ0v) is 10.9. The van der Waals surface area contributed by atoms with Crippen LogP contribution in [0.1, 0.15) is 38.5 Å². The minimum Gasteiger partial charge on any atom is -0.480 e. The molecule has 2 rings (SSSR count). The van der Waals surface area contributed by atoms with Crippen molar-refractivity contribution < 1.29 is 14.7 Å². The third-order valence-electron chi connectivity index (χ3n) is 3.73. The number of aliphatic carboxylic acids is 1. The van der Waals surface area contributed by atoms with Gasteiger partial charge in [-0.3, -0.25) is 0 Å². The van der Waals surface area contributed by atoms with Crippen molar-refractivity contribution in [2.45, 2.75) is 50.6 Å². The second kappa shape index (κ2) is 5.91. The van der Waals surface area contributed by atoms with E-state index in [0.29, 0.717) is 25.9 Å². The molecule has 0 aromatic carbocycles. The molecule has 0 aromatic heterocycles. The molecule has 6 nitrogen and oxygen atoms in total. The van der Waals surface area contributed by atoms with E-state index in [0.717, 1.165) is 25.7 Å². The zero-order chi connectivity index (χ0) is 13.8. The van der Waals surface area contributed by atoms with Crippen LogP contribution in [0.4, 0.5) is 4.79 Å². The molecular weight excluding hydrogens is 246 g/mol. The summed E-state index contributed by atoms with van der Waals surface area (Å²) in [7, 11) is 0. The molecule has 1 atom stereocenters. The fraction of sp³-hybridized carbons (Fsp3) is 0.769. The van der Waals surface area contributed by atoms with Gasteiger partial charge in [0.2, 0.25) is 0 Å². The number of likely N-dealkylation sites (tertiary alicyclic amines) is 1. The number of carboxylic acids is 1. The van der Waals surface area contributed by atoms with E-state index in [9.17, 15) is 14.7 Å². The van der Waals surface area contributed by atoms with Crippen LogP contribution in [0.25, 0.3) is 0 Å². The van der Waals surface area contributed by atoms with Crippen LogP contribution in [0.3, 0.4) is 0 Å². The van der Waals surface area contributed by atoms with Crippen LogP contribution in [0.5, 0.6) is 0 Å². The van der Waals surface area contributed by atoms with Crippen molar-refractivity contribution in [2.75, 3.05) is 13.1 Å². The number of urea groups is 1. The number of carboxylic acid groups (broad SMARTS) is 1. The number of hydrogen-bond donors (Lipinski definition) is 1. The molecule has 0 aromatic rings. The predicted octanol–water partition coefficient (Wildman–Crippen LogP) is 1.42. The molecule has 2 amide bonds. The summed E-state index contributed by atoms with van der Waals surface area (Å²) in [5.41, 5.74) is 0. The maximum atomic E-state index is 12.5. The Morgan fingerprint density at radius 1 is 1.32 bits per heavy atom. The number of carbonyl (C=O) groups is 2. The van der Waals surface area contributed by atoms with Crippen LogP contribution in [0, 0.1) is 11.3 Å². The summed E-state index contributed by atoms with van der Waals surface area (Å²) < 4.78 is 0. The second-order valence-corrected chi connectivity index (χ2v) is 5.16. The normalized spacial score (nSPS) is 22.7. The fourth-order valence-corrected chi connectivity index (χ4v) is 2.57.